The first-order chi connectivity index (χ1) is 11.1. The van der Waals surface area contributed by atoms with E-state index in [4.69, 9.17) is 0 Å². The van der Waals surface area contributed by atoms with Crippen LogP contribution in [0.1, 0.15) is 31.8 Å². The smallest absolute Gasteiger partial charge is 0.337 e. The van der Waals surface area contributed by atoms with Crippen LogP contribution in [0.15, 0.2) is 53.5 Å². The highest BCUT2D eigenvalue weighted by Gasteiger charge is 2.04. The number of ether oxygens (including phenoxy) is 2. The maximum Gasteiger partial charge on any atom is 0.337 e. The van der Waals surface area contributed by atoms with E-state index in [0.717, 1.165) is 11.1 Å². The molecule has 0 saturated carbocycles. The predicted octanol–water partition coefficient (Wildman–Crippen LogP) is 2.88. The van der Waals surface area contributed by atoms with Gasteiger partial charge in [0.2, 0.25) is 0 Å². The van der Waals surface area contributed by atoms with E-state index in [1.54, 1.807) is 42.6 Å². The summed E-state index contributed by atoms with van der Waals surface area (Å²) in [5.74, 6) is -0.718. The van der Waals surface area contributed by atoms with Crippen molar-refractivity contribution in [1.82, 2.24) is 0 Å². The van der Waals surface area contributed by atoms with E-state index >= 15 is 0 Å². The van der Waals surface area contributed by atoms with E-state index in [1.165, 1.54) is 14.2 Å². The van der Waals surface area contributed by atoms with Crippen molar-refractivity contribution in [2.45, 2.75) is 6.54 Å². The van der Waals surface area contributed by atoms with Crippen LogP contribution in [0.3, 0.4) is 0 Å². The second kappa shape index (κ2) is 7.89. The maximum atomic E-state index is 11.3. The lowest BCUT2D eigenvalue weighted by Gasteiger charge is -2.01. The Morgan fingerprint density at radius 1 is 0.870 bits per heavy atom. The number of hydrogen-bond acceptors (Lipinski definition) is 5. The molecule has 0 spiro atoms. The summed E-state index contributed by atoms with van der Waals surface area (Å²) in [4.78, 5) is 27.0. The molecule has 5 heteroatoms. The highest BCUT2D eigenvalue weighted by Crippen LogP contribution is 2.08. The summed E-state index contributed by atoms with van der Waals surface area (Å²) in [6.07, 6.45) is 1.73. The molecule has 0 fully saturated rings. The van der Waals surface area contributed by atoms with E-state index in [9.17, 15) is 9.59 Å². The minimum atomic E-state index is -0.362. The van der Waals surface area contributed by atoms with Gasteiger partial charge in [0.05, 0.1) is 31.9 Å². The van der Waals surface area contributed by atoms with Crippen molar-refractivity contribution in [3.63, 3.8) is 0 Å². The molecule has 118 valence electrons. The van der Waals surface area contributed by atoms with Gasteiger partial charge in [-0.2, -0.15) is 0 Å². The summed E-state index contributed by atoms with van der Waals surface area (Å²) >= 11 is 0. The molecule has 0 atom stereocenters. The average molecular weight is 311 g/mol. The van der Waals surface area contributed by atoms with Crippen LogP contribution in [0.25, 0.3) is 0 Å². The van der Waals surface area contributed by atoms with Crippen LogP contribution in [-0.4, -0.2) is 32.4 Å². The van der Waals surface area contributed by atoms with Gasteiger partial charge in [-0.15, -0.1) is 0 Å². The Morgan fingerprint density at radius 2 is 1.35 bits per heavy atom. The fourth-order valence-electron chi connectivity index (χ4n) is 1.94. The molecule has 0 bridgehead atoms. The second-order valence-electron chi connectivity index (χ2n) is 4.77. The highest BCUT2D eigenvalue weighted by atomic mass is 16.5. The molecule has 0 amide bonds. The van der Waals surface area contributed by atoms with Gasteiger partial charge in [-0.05, 0) is 35.4 Å². The molecule has 5 nitrogen and oxygen atoms in total. The lowest BCUT2D eigenvalue weighted by molar-refractivity contribution is 0.0592. The Kier molecular flexibility index (Phi) is 5.63. The first-order valence-corrected chi connectivity index (χ1v) is 6.99. The lowest BCUT2D eigenvalue weighted by Crippen LogP contribution is -2.01. The van der Waals surface area contributed by atoms with E-state index in [2.05, 4.69) is 14.5 Å². The van der Waals surface area contributed by atoms with Gasteiger partial charge in [-0.3, -0.25) is 4.99 Å². The Hall–Kier alpha value is -2.95. The fourth-order valence-corrected chi connectivity index (χ4v) is 1.94. The van der Waals surface area contributed by atoms with Gasteiger partial charge >= 0.3 is 11.9 Å². The third kappa shape index (κ3) is 4.51. The number of aliphatic imine (C=N–C) groups is 1. The third-order valence-corrected chi connectivity index (χ3v) is 3.22. The molecular formula is C18H17NO4. The van der Waals surface area contributed by atoms with Crippen LogP contribution in [0.2, 0.25) is 0 Å². The van der Waals surface area contributed by atoms with Crippen molar-refractivity contribution in [1.29, 1.82) is 0 Å². The highest BCUT2D eigenvalue weighted by molar-refractivity contribution is 5.90. The zero-order valence-corrected chi connectivity index (χ0v) is 13.0. The standard InChI is InChI=1S/C18H17NO4/c1-22-17(20)15-7-3-13(4-8-15)11-19-12-14-5-9-16(10-6-14)18(21)23-2/h3-11H,12H2,1-2H3. The molecule has 0 aliphatic rings. The summed E-state index contributed by atoms with van der Waals surface area (Å²) in [7, 11) is 2.70. The second-order valence-corrected chi connectivity index (χ2v) is 4.77. The molecule has 2 aromatic rings. The van der Waals surface area contributed by atoms with Crippen LogP contribution < -0.4 is 0 Å². The summed E-state index contributed by atoms with van der Waals surface area (Å²) in [6, 6.07) is 14.1. The summed E-state index contributed by atoms with van der Waals surface area (Å²) in [5.41, 5.74) is 2.89. The van der Waals surface area contributed by atoms with Gasteiger partial charge in [-0.1, -0.05) is 24.3 Å². The molecule has 0 aliphatic heterocycles. The topological polar surface area (TPSA) is 65.0 Å². The number of rotatable bonds is 5. The van der Waals surface area contributed by atoms with E-state index < -0.39 is 0 Å². The van der Waals surface area contributed by atoms with E-state index in [-0.39, 0.29) is 11.9 Å². The van der Waals surface area contributed by atoms with Gasteiger partial charge in [0.15, 0.2) is 0 Å². The molecule has 0 aromatic heterocycles. The monoisotopic (exact) mass is 311 g/mol. The number of carbonyl (C=O) groups excluding carboxylic acids is 2. The van der Waals surface area contributed by atoms with Crippen molar-refractivity contribution in [3.8, 4) is 0 Å². The minimum Gasteiger partial charge on any atom is -0.465 e. The van der Waals surface area contributed by atoms with Gasteiger partial charge in [0.1, 0.15) is 0 Å². The van der Waals surface area contributed by atoms with E-state index in [1.807, 2.05) is 12.1 Å². The van der Waals surface area contributed by atoms with Crippen LogP contribution in [0, 0.1) is 0 Å². The number of nitrogens with zero attached hydrogens (tertiary/aromatic N) is 1. The Labute approximate surface area is 134 Å². The maximum absolute atomic E-state index is 11.3. The normalized spacial score (nSPS) is 10.5. The van der Waals surface area contributed by atoms with Crippen LogP contribution in [0.5, 0.6) is 0 Å². The molecular weight excluding hydrogens is 294 g/mol. The van der Waals surface area contributed by atoms with Crippen molar-refractivity contribution in [2.24, 2.45) is 4.99 Å². The van der Waals surface area contributed by atoms with Crippen LogP contribution in [-0.2, 0) is 16.0 Å². The SMILES string of the molecule is COC(=O)c1ccc(C=NCc2ccc(C(=O)OC)cc2)cc1. The number of hydrogen-bond donors (Lipinski definition) is 0. The Morgan fingerprint density at radius 3 is 1.83 bits per heavy atom. The molecule has 0 aliphatic carbocycles. The molecule has 2 aromatic carbocycles. The Bertz CT molecular complexity index is 703. The molecule has 0 saturated heterocycles. The van der Waals surface area contributed by atoms with Gasteiger partial charge in [0.25, 0.3) is 0 Å². The lowest BCUT2D eigenvalue weighted by atomic mass is 10.1. The van der Waals surface area contributed by atoms with Crippen molar-refractivity contribution < 1.29 is 19.1 Å². The zero-order chi connectivity index (χ0) is 16.7. The first kappa shape index (κ1) is 16.4. The molecule has 0 unspecified atom stereocenters. The molecule has 2 rings (SSSR count). The average Bonchev–Trinajstić information content (AvgIpc) is 2.61. The van der Waals surface area contributed by atoms with Gasteiger partial charge in [-0.25, -0.2) is 9.59 Å². The minimum absolute atomic E-state index is 0.356. The zero-order valence-electron chi connectivity index (χ0n) is 13.0. The first-order valence-electron chi connectivity index (χ1n) is 6.99. The summed E-state index contributed by atoms with van der Waals surface area (Å²) in [6.45, 7) is 0.500. The number of methoxy groups -OCH3 is 2. The van der Waals surface area contributed by atoms with Crippen molar-refractivity contribution in [2.75, 3.05) is 14.2 Å². The largest absolute Gasteiger partial charge is 0.465 e. The molecule has 0 radical (unpaired) electrons. The van der Waals surface area contributed by atoms with E-state index in [0.29, 0.717) is 17.7 Å². The van der Waals surface area contributed by atoms with Crippen LogP contribution in [0.4, 0.5) is 0 Å². The predicted molar refractivity (Wildman–Crippen MR) is 86.9 cm³/mol. The summed E-state index contributed by atoms with van der Waals surface area (Å²) in [5, 5.41) is 0. The van der Waals surface area contributed by atoms with Crippen LogP contribution >= 0.6 is 0 Å². The fraction of sp³-hybridized carbons (Fsp3) is 0.167. The van der Waals surface area contributed by atoms with Crippen molar-refractivity contribution in [3.05, 3.63) is 70.8 Å². The quantitative estimate of drug-likeness (QED) is 0.629. The summed E-state index contributed by atoms with van der Waals surface area (Å²) < 4.78 is 9.29. The molecule has 0 N–H and O–H groups in total. The van der Waals surface area contributed by atoms with Gasteiger partial charge in [0, 0.05) is 6.21 Å². The number of carbonyl (C=O) groups is 2. The molecule has 23 heavy (non-hydrogen) atoms. The number of esters is 2. The van der Waals surface area contributed by atoms with Gasteiger partial charge < -0.3 is 9.47 Å². The third-order valence-electron chi connectivity index (χ3n) is 3.22. The van der Waals surface area contributed by atoms with Crippen molar-refractivity contribution >= 4 is 18.2 Å². The Balaban J connectivity index is 1.96. The molecule has 0 heterocycles. The number of benzene rings is 2.